The van der Waals surface area contributed by atoms with E-state index >= 15 is 0 Å². The average molecular weight is 201 g/mol. The molecule has 0 aliphatic rings. The van der Waals surface area contributed by atoms with Gasteiger partial charge in [0.05, 0.1) is 0 Å². The second-order valence-corrected chi connectivity index (χ2v) is 3.46. The molecule has 0 saturated heterocycles. The summed E-state index contributed by atoms with van der Waals surface area (Å²) in [6, 6.07) is 0. The molecule has 0 N–H and O–H groups in total. The molecule has 0 fully saturated rings. The number of carboxylic acids is 3. The van der Waals surface area contributed by atoms with Gasteiger partial charge in [0.1, 0.15) is 0 Å². The summed E-state index contributed by atoms with van der Waals surface area (Å²) in [5, 5.41) is 30.7. The predicted molar refractivity (Wildman–Crippen MR) is 37.0 cm³/mol. The molecule has 80 valence electrons. The summed E-state index contributed by atoms with van der Waals surface area (Å²) in [6.07, 6.45) is -1.97. The largest absolute Gasteiger partial charge is 0.550 e. The molecule has 0 heterocycles. The Bertz CT molecular complexity index is 216. The number of carbonyl (C=O) groups excluding carboxylic acids is 3. The molecule has 0 aromatic rings. The van der Waals surface area contributed by atoms with Gasteiger partial charge < -0.3 is 29.7 Å². The first-order valence-corrected chi connectivity index (χ1v) is 3.85. The highest BCUT2D eigenvalue weighted by atomic mass is 16.4. The first kappa shape index (κ1) is 12.4. The number of hydrogen-bond acceptors (Lipinski definition) is 6. The number of rotatable bonds is 6. The van der Waals surface area contributed by atoms with Gasteiger partial charge in [0.2, 0.25) is 0 Å². The van der Waals surface area contributed by atoms with Gasteiger partial charge in [0.25, 0.3) is 0 Å². The molecule has 6 heteroatoms. The smallest absolute Gasteiger partial charge is 0.0420 e. The lowest BCUT2D eigenvalue weighted by molar-refractivity contribution is -0.316. The molecule has 0 aliphatic heterocycles. The van der Waals surface area contributed by atoms with E-state index in [0.29, 0.717) is 0 Å². The quantitative estimate of drug-likeness (QED) is 0.438. The summed E-state index contributed by atoms with van der Waals surface area (Å²) in [6.45, 7) is 1.22. The van der Waals surface area contributed by atoms with Crippen LogP contribution in [0.4, 0.5) is 0 Å². The highest BCUT2D eigenvalue weighted by molar-refractivity contribution is 5.73. The van der Waals surface area contributed by atoms with Crippen molar-refractivity contribution in [2.75, 3.05) is 0 Å². The van der Waals surface area contributed by atoms with E-state index in [1.54, 1.807) is 0 Å². The molecule has 0 amide bonds. The van der Waals surface area contributed by atoms with Gasteiger partial charge in [-0.15, -0.1) is 0 Å². The lowest BCUT2D eigenvalue weighted by Gasteiger charge is -2.30. The minimum atomic E-state index is -1.50. The fourth-order valence-corrected chi connectivity index (χ4v) is 1.23. The average Bonchev–Trinajstić information content (AvgIpc) is 1.76. The third-order valence-electron chi connectivity index (χ3n) is 1.71. The van der Waals surface area contributed by atoms with Crippen molar-refractivity contribution in [1.29, 1.82) is 0 Å². The number of carbonyl (C=O) groups is 3. The Labute approximate surface area is 80.2 Å². The Kier molecular flexibility index (Phi) is 4.07. The molecule has 0 aliphatic carbocycles. The van der Waals surface area contributed by atoms with Crippen LogP contribution < -0.4 is 15.3 Å². The molecule has 0 aromatic heterocycles. The van der Waals surface area contributed by atoms with E-state index in [1.165, 1.54) is 6.92 Å². The number of carboxylic acid groups (broad SMARTS) is 3. The van der Waals surface area contributed by atoms with Gasteiger partial charge in [-0.2, -0.15) is 0 Å². The van der Waals surface area contributed by atoms with Crippen LogP contribution in [0.15, 0.2) is 0 Å². The second-order valence-electron chi connectivity index (χ2n) is 3.46. The van der Waals surface area contributed by atoms with Gasteiger partial charge in [-0.1, -0.05) is 6.92 Å². The number of hydrogen-bond donors (Lipinski definition) is 0. The highest BCUT2D eigenvalue weighted by Gasteiger charge is 2.25. The minimum absolute atomic E-state index is 0.658. The zero-order chi connectivity index (χ0) is 11.4. The van der Waals surface area contributed by atoms with Crippen molar-refractivity contribution < 1.29 is 29.7 Å². The molecule has 0 bridgehead atoms. The van der Waals surface area contributed by atoms with Gasteiger partial charge in [0, 0.05) is 17.9 Å². The van der Waals surface area contributed by atoms with Crippen LogP contribution in [0.5, 0.6) is 0 Å². The van der Waals surface area contributed by atoms with Crippen molar-refractivity contribution in [2.24, 2.45) is 5.41 Å². The van der Waals surface area contributed by atoms with Crippen molar-refractivity contribution in [1.82, 2.24) is 0 Å². The summed E-state index contributed by atoms with van der Waals surface area (Å²) in [5.41, 5.74) is -1.42. The van der Waals surface area contributed by atoms with Gasteiger partial charge in [-0.25, -0.2) is 0 Å². The van der Waals surface area contributed by atoms with E-state index in [9.17, 15) is 29.7 Å². The predicted octanol–water partition coefficient (Wildman–Crippen LogP) is -3.59. The molecule has 0 unspecified atom stereocenters. The topological polar surface area (TPSA) is 120 Å². The summed E-state index contributed by atoms with van der Waals surface area (Å²) < 4.78 is 0. The van der Waals surface area contributed by atoms with Crippen molar-refractivity contribution in [3.05, 3.63) is 0 Å². The maximum atomic E-state index is 10.2. The van der Waals surface area contributed by atoms with Crippen LogP contribution in [0.1, 0.15) is 26.2 Å². The molecule has 0 spiro atoms. The van der Waals surface area contributed by atoms with E-state index in [4.69, 9.17) is 0 Å². The normalized spacial score (nSPS) is 10.9. The van der Waals surface area contributed by atoms with Crippen LogP contribution in [0.2, 0.25) is 0 Å². The first-order valence-electron chi connectivity index (χ1n) is 3.85. The van der Waals surface area contributed by atoms with E-state index in [-0.39, 0.29) is 0 Å². The van der Waals surface area contributed by atoms with E-state index in [0.717, 1.165) is 0 Å². The van der Waals surface area contributed by atoms with Crippen molar-refractivity contribution in [3.8, 4) is 0 Å². The number of aliphatic carboxylic acids is 3. The maximum absolute atomic E-state index is 10.2. The molecular formula is C8H9O6-3. The molecule has 0 rings (SSSR count). The molecule has 0 radical (unpaired) electrons. The zero-order valence-electron chi connectivity index (χ0n) is 7.57. The third kappa shape index (κ3) is 5.13. The monoisotopic (exact) mass is 201 g/mol. The standard InChI is InChI=1S/C8H12O6/c1-8(2-5(9)10,3-6(11)12)4-7(13)14/h2-4H2,1H3,(H,9,10)(H,11,12)(H,13,14)/p-3. The molecule has 0 aromatic carbocycles. The van der Waals surface area contributed by atoms with Crippen molar-refractivity contribution >= 4 is 17.9 Å². The first-order chi connectivity index (χ1) is 6.25. The fourth-order valence-electron chi connectivity index (χ4n) is 1.23. The summed E-state index contributed by atoms with van der Waals surface area (Å²) in [5.74, 6) is -4.51. The Morgan fingerprint density at radius 1 is 0.857 bits per heavy atom. The summed E-state index contributed by atoms with van der Waals surface area (Å²) in [7, 11) is 0. The van der Waals surface area contributed by atoms with Gasteiger partial charge in [-0.05, 0) is 24.7 Å². The lowest BCUT2D eigenvalue weighted by atomic mass is 9.80. The molecule has 14 heavy (non-hydrogen) atoms. The molecular weight excluding hydrogens is 192 g/mol. The van der Waals surface area contributed by atoms with Gasteiger partial charge in [-0.3, -0.25) is 0 Å². The van der Waals surface area contributed by atoms with E-state index in [2.05, 4.69) is 0 Å². The van der Waals surface area contributed by atoms with E-state index < -0.39 is 42.6 Å². The maximum Gasteiger partial charge on any atom is 0.0420 e. The van der Waals surface area contributed by atoms with Crippen LogP contribution in [-0.4, -0.2) is 17.9 Å². The lowest BCUT2D eigenvalue weighted by Crippen LogP contribution is -2.39. The minimum Gasteiger partial charge on any atom is -0.550 e. The Hall–Kier alpha value is -1.59. The molecule has 6 nitrogen and oxygen atoms in total. The fraction of sp³-hybridized carbons (Fsp3) is 0.625. The van der Waals surface area contributed by atoms with Gasteiger partial charge >= 0.3 is 0 Å². The summed E-state index contributed by atoms with van der Waals surface area (Å²) in [4.78, 5) is 30.7. The summed E-state index contributed by atoms with van der Waals surface area (Å²) >= 11 is 0. The van der Waals surface area contributed by atoms with Crippen LogP contribution in [0.3, 0.4) is 0 Å². The van der Waals surface area contributed by atoms with Gasteiger partial charge in [0.15, 0.2) is 0 Å². The zero-order valence-corrected chi connectivity index (χ0v) is 7.57. The van der Waals surface area contributed by atoms with Crippen LogP contribution >= 0.6 is 0 Å². The SMILES string of the molecule is CC(CC(=O)[O-])(CC(=O)[O-])CC(=O)[O-]. The van der Waals surface area contributed by atoms with Crippen LogP contribution in [0.25, 0.3) is 0 Å². The van der Waals surface area contributed by atoms with Crippen LogP contribution in [-0.2, 0) is 14.4 Å². The van der Waals surface area contributed by atoms with E-state index in [1.807, 2.05) is 0 Å². The Morgan fingerprint density at radius 3 is 1.21 bits per heavy atom. The molecule has 0 saturated carbocycles. The Morgan fingerprint density at radius 2 is 1.07 bits per heavy atom. The van der Waals surface area contributed by atoms with Crippen molar-refractivity contribution in [3.63, 3.8) is 0 Å². The Balaban J connectivity index is 4.56. The third-order valence-corrected chi connectivity index (χ3v) is 1.71. The van der Waals surface area contributed by atoms with Crippen LogP contribution in [0, 0.1) is 5.41 Å². The van der Waals surface area contributed by atoms with Crippen molar-refractivity contribution in [2.45, 2.75) is 26.2 Å². The molecule has 0 atom stereocenters. The highest BCUT2D eigenvalue weighted by Crippen LogP contribution is 2.29. The second kappa shape index (κ2) is 4.59.